The molecule has 2 rings (SSSR count). The van der Waals surface area contributed by atoms with Crippen LogP contribution in [0.5, 0.6) is 0 Å². The van der Waals surface area contributed by atoms with E-state index in [1.165, 1.54) is 6.92 Å². The molecule has 0 fully saturated rings. The van der Waals surface area contributed by atoms with Gasteiger partial charge in [-0.05, 0) is 24.5 Å². The molecule has 0 saturated carbocycles. The van der Waals surface area contributed by atoms with Crippen molar-refractivity contribution in [2.24, 2.45) is 0 Å². The minimum atomic E-state index is -2.38. The Morgan fingerprint density at radius 2 is 1.88 bits per heavy atom. The van der Waals surface area contributed by atoms with Gasteiger partial charge in [-0.1, -0.05) is 43.3 Å². The van der Waals surface area contributed by atoms with Gasteiger partial charge in [-0.3, -0.25) is 9.78 Å². The van der Waals surface area contributed by atoms with Crippen molar-refractivity contribution in [3.63, 3.8) is 0 Å². The lowest BCUT2D eigenvalue weighted by atomic mass is 10.00. The van der Waals surface area contributed by atoms with Crippen molar-refractivity contribution in [2.45, 2.75) is 25.4 Å². The Bertz CT molecular complexity index is 701. The molecule has 0 spiro atoms. The van der Waals surface area contributed by atoms with E-state index in [0.29, 0.717) is 6.42 Å². The van der Waals surface area contributed by atoms with Crippen LogP contribution < -0.4 is 5.32 Å². The van der Waals surface area contributed by atoms with Crippen LogP contribution in [-0.2, 0) is 16.0 Å². The van der Waals surface area contributed by atoms with E-state index in [2.05, 4.69) is 10.3 Å². The van der Waals surface area contributed by atoms with Crippen LogP contribution >= 0.6 is 0 Å². The number of amides is 1. The Kier molecular flexibility index (Phi) is 5.65. The lowest BCUT2D eigenvalue weighted by molar-refractivity contribution is -0.166. The maximum Gasteiger partial charge on any atom is 0.345 e. The summed E-state index contributed by atoms with van der Waals surface area (Å²) in [6, 6.07) is 13.6. The summed E-state index contributed by atoms with van der Waals surface area (Å²) < 4.78 is 0. The van der Waals surface area contributed by atoms with E-state index in [9.17, 15) is 14.7 Å². The zero-order chi connectivity index (χ0) is 17.6. The van der Waals surface area contributed by atoms with Crippen molar-refractivity contribution in [1.82, 2.24) is 10.3 Å². The predicted molar refractivity (Wildman–Crippen MR) is 89.3 cm³/mol. The maximum atomic E-state index is 11.8. The number of aliphatic carboxylic acids is 1. The summed E-state index contributed by atoms with van der Waals surface area (Å²) in [5.41, 5.74) is 0.405. The molecule has 1 aromatic heterocycles. The first-order valence-corrected chi connectivity index (χ1v) is 7.72. The Hall–Kier alpha value is -2.73. The fourth-order valence-corrected chi connectivity index (χ4v) is 2.23. The topological polar surface area (TPSA) is 99.5 Å². The molecule has 6 nitrogen and oxygen atoms in total. The van der Waals surface area contributed by atoms with E-state index in [-0.39, 0.29) is 13.0 Å². The molecule has 1 aromatic carbocycles. The summed E-state index contributed by atoms with van der Waals surface area (Å²) in [7, 11) is 0. The fraction of sp³-hybridized carbons (Fsp3) is 0.278. The van der Waals surface area contributed by atoms with Gasteiger partial charge in [-0.25, -0.2) is 4.79 Å². The molecule has 0 bridgehead atoms. The van der Waals surface area contributed by atoms with Crippen LogP contribution in [0.1, 0.15) is 18.9 Å². The lowest BCUT2D eigenvalue weighted by Gasteiger charge is -2.20. The summed E-state index contributed by atoms with van der Waals surface area (Å²) in [6.45, 7) is 1.67. The molecular weight excluding hydrogens is 308 g/mol. The second-order valence-electron chi connectivity index (χ2n) is 5.44. The van der Waals surface area contributed by atoms with Crippen LogP contribution in [0.3, 0.4) is 0 Å². The zero-order valence-corrected chi connectivity index (χ0v) is 13.4. The second-order valence-corrected chi connectivity index (χ2v) is 5.44. The number of hydrogen-bond acceptors (Lipinski definition) is 4. The first kappa shape index (κ1) is 17.6. The molecule has 0 radical (unpaired) electrons. The number of carbonyl (C=O) groups is 2. The molecule has 24 heavy (non-hydrogen) atoms. The number of carbonyl (C=O) groups excluding carboxylic acids is 1. The molecule has 3 N–H and O–H groups in total. The quantitative estimate of drug-likeness (QED) is 0.671. The van der Waals surface area contributed by atoms with Gasteiger partial charge in [0.1, 0.15) is 0 Å². The van der Waals surface area contributed by atoms with Crippen LogP contribution in [0.4, 0.5) is 0 Å². The van der Waals surface area contributed by atoms with Crippen molar-refractivity contribution in [1.29, 1.82) is 0 Å². The highest BCUT2D eigenvalue weighted by molar-refractivity contribution is 6.04. The highest BCUT2D eigenvalue weighted by Gasteiger charge is 2.42. The van der Waals surface area contributed by atoms with Crippen LogP contribution in [0.2, 0.25) is 0 Å². The van der Waals surface area contributed by atoms with E-state index in [4.69, 9.17) is 5.11 Å². The summed E-state index contributed by atoms with van der Waals surface area (Å²) in [6.07, 6.45) is 2.02. The standard InChI is InChI=1S/C18H20N2O4/c1-2-18(24,17(22)23)16(21)19-11-10-13-8-9-15(20-12-13)14-6-4-3-5-7-14/h3-9,12,24H,2,10-11H2,1H3,(H,19,21)(H,22,23). The first-order chi connectivity index (χ1) is 11.5. The number of nitrogens with one attached hydrogen (secondary N) is 1. The summed E-state index contributed by atoms with van der Waals surface area (Å²) in [5, 5.41) is 21.2. The van der Waals surface area contributed by atoms with E-state index in [1.807, 2.05) is 42.5 Å². The number of nitrogens with zero attached hydrogens (tertiary/aromatic N) is 1. The third-order valence-electron chi connectivity index (χ3n) is 3.83. The van der Waals surface area contributed by atoms with Crippen LogP contribution in [0.15, 0.2) is 48.7 Å². The molecule has 0 aliphatic carbocycles. The van der Waals surface area contributed by atoms with Crippen molar-refractivity contribution >= 4 is 11.9 Å². The molecule has 0 aliphatic rings. The lowest BCUT2D eigenvalue weighted by Crippen LogP contribution is -2.52. The van der Waals surface area contributed by atoms with Crippen LogP contribution in [0, 0.1) is 0 Å². The van der Waals surface area contributed by atoms with Gasteiger partial charge >= 0.3 is 5.97 Å². The number of aromatic nitrogens is 1. The van der Waals surface area contributed by atoms with Gasteiger partial charge in [-0.15, -0.1) is 0 Å². The average Bonchev–Trinajstić information content (AvgIpc) is 2.62. The normalized spacial score (nSPS) is 13.1. The summed E-state index contributed by atoms with van der Waals surface area (Å²) in [5.74, 6) is -2.44. The number of carboxylic acids is 1. The number of carboxylic acid groups (broad SMARTS) is 1. The predicted octanol–water partition coefficient (Wildman–Crippen LogP) is 1.63. The molecule has 6 heteroatoms. The molecule has 0 aliphatic heterocycles. The minimum Gasteiger partial charge on any atom is -0.479 e. The highest BCUT2D eigenvalue weighted by atomic mass is 16.4. The second kappa shape index (κ2) is 7.70. The molecule has 126 valence electrons. The number of hydrogen-bond donors (Lipinski definition) is 3. The van der Waals surface area contributed by atoms with Gasteiger partial charge in [0.05, 0.1) is 5.69 Å². The molecule has 2 aromatic rings. The molecule has 1 atom stereocenters. The van der Waals surface area contributed by atoms with E-state index < -0.39 is 17.5 Å². The van der Waals surface area contributed by atoms with Gasteiger partial charge < -0.3 is 15.5 Å². The van der Waals surface area contributed by atoms with Crippen molar-refractivity contribution < 1.29 is 19.8 Å². The van der Waals surface area contributed by atoms with Gasteiger partial charge in [0.2, 0.25) is 5.60 Å². The summed E-state index contributed by atoms with van der Waals surface area (Å²) >= 11 is 0. The van der Waals surface area contributed by atoms with Crippen molar-refractivity contribution in [3.05, 3.63) is 54.2 Å². The minimum absolute atomic E-state index is 0.193. The van der Waals surface area contributed by atoms with Gasteiger partial charge in [-0.2, -0.15) is 0 Å². The molecular formula is C18H20N2O4. The Morgan fingerprint density at radius 1 is 1.17 bits per heavy atom. The van der Waals surface area contributed by atoms with Gasteiger partial charge in [0.25, 0.3) is 5.91 Å². The van der Waals surface area contributed by atoms with E-state index >= 15 is 0 Å². The maximum absolute atomic E-state index is 11.8. The number of benzene rings is 1. The fourth-order valence-electron chi connectivity index (χ4n) is 2.23. The zero-order valence-electron chi connectivity index (χ0n) is 13.4. The SMILES string of the molecule is CCC(O)(C(=O)O)C(=O)NCCc1ccc(-c2ccccc2)nc1. The highest BCUT2D eigenvalue weighted by Crippen LogP contribution is 2.16. The number of pyridine rings is 1. The third kappa shape index (κ3) is 3.97. The molecule has 0 saturated heterocycles. The van der Waals surface area contributed by atoms with Crippen LogP contribution in [-0.4, -0.2) is 39.2 Å². The number of rotatable bonds is 7. The number of aliphatic hydroxyl groups is 1. The van der Waals surface area contributed by atoms with Gasteiger partial charge in [0, 0.05) is 18.3 Å². The monoisotopic (exact) mass is 328 g/mol. The van der Waals surface area contributed by atoms with Crippen LogP contribution in [0.25, 0.3) is 11.3 Å². The Labute approximate surface area is 140 Å². The van der Waals surface area contributed by atoms with E-state index in [1.54, 1.807) is 6.20 Å². The molecule has 1 heterocycles. The first-order valence-electron chi connectivity index (χ1n) is 7.72. The Balaban J connectivity index is 1.91. The largest absolute Gasteiger partial charge is 0.479 e. The van der Waals surface area contributed by atoms with Gasteiger partial charge in [0.15, 0.2) is 0 Å². The Morgan fingerprint density at radius 3 is 2.42 bits per heavy atom. The van der Waals surface area contributed by atoms with Crippen molar-refractivity contribution in [3.8, 4) is 11.3 Å². The van der Waals surface area contributed by atoms with E-state index in [0.717, 1.165) is 16.8 Å². The van der Waals surface area contributed by atoms with Crippen molar-refractivity contribution in [2.75, 3.05) is 6.54 Å². The smallest absolute Gasteiger partial charge is 0.345 e. The molecule has 1 amide bonds. The average molecular weight is 328 g/mol. The molecule has 1 unspecified atom stereocenters. The third-order valence-corrected chi connectivity index (χ3v) is 3.83. The summed E-state index contributed by atoms with van der Waals surface area (Å²) in [4.78, 5) is 27.2.